The van der Waals surface area contributed by atoms with Gasteiger partial charge in [-0.15, -0.1) is 0 Å². The molecule has 1 aromatic rings. The first-order chi connectivity index (χ1) is 10.8. The van der Waals surface area contributed by atoms with Gasteiger partial charge in [-0.2, -0.15) is 0 Å². The molecule has 124 valence electrons. The number of hydrogen-bond acceptors (Lipinski definition) is 4. The SMILES string of the molecule is CCOc1cc(/C=C2/NC(=O)N(C)C2=O)cc(I)c1OC(C)C. The number of amides is 3. The fourth-order valence-corrected chi connectivity index (χ4v) is 2.83. The molecule has 7 heteroatoms. The molecule has 1 aromatic carbocycles. The van der Waals surface area contributed by atoms with Crippen LogP contribution in [0.15, 0.2) is 17.8 Å². The van der Waals surface area contributed by atoms with Crippen molar-refractivity contribution >= 4 is 40.6 Å². The zero-order valence-electron chi connectivity index (χ0n) is 13.5. The summed E-state index contributed by atoms with van der Waals surface area (Å²) in [5.74, 6) is 0.944. The van der Waals surface area contributed by atoms with E-state index >= 15 is 0 Å². The third-order valence-electron chi connectivity index (χ3n) is 3.08. The van der Waals surface area contributed by atoms with E-state index in [2.05, 4.69) is 27.9 Å². The number of carbonyl (C=O) groups excluding carboxylic acids is 2. The molecular weight excluding hydrogens is 411 g/mol. The van der Waals surface area contributed by atoms with E-state index in [9.17, 15) is 9.59 Å². The number of urea groups is 1. The highest BCUT2D eigenvalue weighted by Gasteiger charge is 2.30. The molecule has 23 heavy (non-hydrogen) atoms. The molecule has 1 fully saturated rings. The van der Waals surface area contributed by atoms with E-state index in [4.69, 9.17) is 9.47 Å². The summed E-state index contributed by atoms with van der Waals surface area (Å²) < 4.78 is 12.3. The van der Waals surface area contributed by atoms with E-state index in [1.165, 1.54) is 7.05 Å². The van der Waals surface area contributed by atoms with Crippen LogP contribution in [-0.2, 0) is 4.79 Å². The lowest BCUT2D eigenvalue weighted by Crippen LogP contribution is -2.25. The van der Waals surface area contributed by atoms with Crippen molar-refractivity contribution in [3.8, 4) is 11.5 Å². The molecule has 0 bridgehead atoms. The van der Waals surface area contributed by atoms with E-state index in [0.29, 0.717) is 18.1 Å². The predicted octanol–water partition coefficient (Wildman–Crippen LogP) is 3.00. The topological polar surface area (TPSA) is 67.9 Å². The van der Waals surface area contributed by atoms with Crippen LogP contribution in [0.3, 0.4) is 0 Å². The number of likely N-dealkylation sites (N-methyl/N-ethyl adjacent to an activating group) is 1. The summed E-state index contributed by atoms with van der Waals surface area (Å²) >= 11 is 2.17. The highest BCUT2D eigenvalue weighted by molar-refractivity contribution is 14.1. The lowest BCUT2D eigenvalue weighted by atomic mass is 10.1. The maximum absolute atomic E-state index is 11.9. The third-order valence-corrected chi connectivity index (χ3v) is 3.88. The van der Waals surface area contributed by atoms with Gasteiger partial charge < -0.3 is 14.8 Å². The highest BCUT2D eigenvalue weighted by Crippen LogP contribution is 2.35. The van der Waals surface area contributed by atoms with Crippen LogP contribution in [0.4, 0.5) is 4.79 Å². The van der Waals surface area contributed by atoms with Crippen LogP contribution < -0.4 is 14.8 Å². The number of imide groups is 1. The molecule has 1 aliphatic rings. The van der Waals surface area contributed by atoms with Gasteiger partial charge in [-0.3, -0.25) is 9.69 Å². The number of ether oxygens (including phenoxy) is 2. The largest absolute Gasteiger partial charge is 0.490 e. The third kappa shape index (κ3) is 3.95. The maximum Gasteiger partial charge on any atom is 0.328 e. The van der Waals surface area contributed by atoms with Gasteiger partial charge in [0.1, 0.15) is 5.70 Å². The summed E-state index contributed by atoms with van der Waals surface area (Å²) in [5, 5.41) is 2.54. The van der Waals surface area contributed by atoms with Crippen LogP contribution in [0.25, 0.3) is 6.08 Å². The Morgan fingerprint density at radius 1 is 1.35 bits per heavy atom. The van der Waals surface area contributed by atoms with Gasteiger partial charge in [-0.05, 0) is 67.1 Å². The average Bonchev–Trinajstić information content (AvgIpc) is 2.70. The van der Waals surface area contributed by atoms with Crippen LogP contribution >= 0.6 is 22.6 Å². The van der Waals surface area contributed by atoms with Gasteiger partial charge in [-0.25, -0.2) is 4.79 Å². The zero-order chi connectivity index (χ0) is 17.1. The Hall–Kier alpha value is -1.77. The van der Waals surface area contributed by atoms with Crippen molar-refractivity contribution in [1.29, 1.82) is 0 Å². The van der Waals surface area contributed by atoms with Crippen molar-refractivity contribution in [3.05, 3.63) is 27.0 Å². The predicted molar refractivity (Wildman–Crippen MR) is 95.4 cm³/mol. The monoisotopic (exact) mass is 430 g/mol. The fourth-order valence-electron chi connectivity index (χ4n) is 2.07. The molecule has 1 heterocycles. The Balaban J connectivity index is 2.41. The Bertz CT molecular complexity index is 670. The van der Waals surface area contributed by atoms with Gasteiger partial charge in [0.25, 0.3) is 5.91 Å². The highest BCUT2D eigenvalue weighted by atomic mass is 127. The minimum atomic E-state index is -0.430. The molecule has 1 aliphatic heterocycles. The van der Waals surface area contributed by atoms with Gasteiger partial charge in [0.15, 0.2) is 11.5 Å². The number of nitrogens with one attached hydrogen (secondary N) is 1. The van der Waals surface area contributed by atoms with Crippen molar-refractivity contribution in [2.75, 3.05) is 13.7 Å². The Morgan fingerprint density at radius 3 is 2.57 bits per heavy atom. The van der Waals surface area contributed by atoms with Crippen molar-refractivity contribution in [2.24, 2.45) is 0 Å². The summed E-state index contributed by atoms with van der Waals surface area (Å²) in [6, 6.07) is 3.25. The lowest BCUT2D eigenvalue weighted by molar-refractivity contribution is -0.121. The van der Waals surface area contributed by atoms with Crippen LogP contribution in [0.2, 0.25) is 0 Å². The molecule has 0 spiro atoms. The number of carbonyl (C=O) groups is 2. The first-order valence-electron chi connectivity index (χ1n) is 7.27. The summed E-state index contributed by atoms with van der Waals surface area (Å²) in [6.45, 7) is 6.30. The molecule has 1 N–H and O–H groups in total. The first-order valence-corrected chi connectivity index (χ1v) is 8.35. The molecule has 6 nitrogen and oxygen atoms in total. The molecule has 0 atom stereocenters. The van der Waals surface area contributed by atoms with Crippen LogP contribution in [0.1, 0.15) is 26.3 Å². The summed E-state index contributed by atoms with van der Waals surface area (Å²) in [6.07, 6.45) is 1.66. The summed E-state index contributed by atoms with van der Waals surface area (Å²) in [4.78, 5) is 24.5. The van der Waals surface area contributed by atoms with Gasteiger partial charge in [0.2, 0.25) is 0 Å². The number of rotatable bonds is 5. The van der Waals surface area contributed by atoms with E-state index in [0.717, 1.165) is 14.0 Å². The Labute approximate surface area is 149 Å². The standard InChI is InChI=1S/C16H19IN2O4/c1-5-22-13-8-10(6-11(17)14(13)23-9(2)3)7-12-15(20)19(4)16(21)18-12/h6-9H,5H2,1-4H3,(H,18,21)/b12-7+. The number of hydrogen-bond donors (Lipinski definition) is 1. The summed E-state index contributed by atoms with van der Waals surface area (Å²) in [7, 11) is 1.44. The van der Waals surface area contributed by atoms with E-state index in [1.54, 1.807) is 12.1 Å². The molecule has 0 aromatic heterocycles. The van der Waals surface area contributed by atoms with Gasteiger partial charge in [0.05, 0.1) is 16.3 Å². The van der Waals surface area contributed by atoms with Gasteiger partial charge in [0, 0.05) is 7.05 Å². The molecule has 2 rings (SSSR count). The molecule has 0 unspecified atom stereocenters. The number of nitrogens with zero attached hydrogens (tertiary/aromatic N) is 1. The van der Waals surface area contributed by atoms with Crippen molar-refractivity contribution in [3.63, 3.8) is 0 Å². The molecule has 1 saturated heterocycles. The Morgan fingerprint density at radius 2 is 2.04 bits per heavy atom. The minimum Gasteiger partial charge on any atom is -0.490 e. The molecule has 0 radical (unpaired) electrons. The quantitative estimate of drug-likeness (QED) is 0.443. The van der Waals surface area contributed by atoms with Gasteiger partial charge >= 0.3 is 6.03 Å². The molecule has 3 amide bonds. The van der Waals surface area contributed by atoms with E-state index < -0.39 is 6.03 Å². The van der Waals surface area contributed by atoms with Crippen molar-refractivity contribution in [1.82, 2.24) is 10.2 Å². The molecule has 0 aliphatic carbocycles. The van der Waals surface area contributed by atoms with E-state index in [-0.39, 0.29) is 17.7 Å². The second-order valence-electron chi connectivity index (χ2n) is 5.28. The van der Waals surface area contributed by atoms with E-state index in [1.807, 2.05) is 26.8 Å². The minimum absolute atomic E-state index is 0.0243. The van der Waals surface area contributed by atoms with Crippen LogP contribution in [0.5, 0.6) is 11.5 Å². The lowest BCUT2D eigenvalue weighted by Gasteiger charge is -2.17. The smallest absolute Gasteiger partial charge is 0.328 e. The number of halogens is 1. The van der Waals surface area contributed by atoms with Crippen molar-refractivity contribution < 1.29 is 19.1 Å². The normalized spacial score (nSPS) is 16.3. The molecule has 0 saturated carbocycles. The fraction of sp³-hybridized carbons (Fsp3) is 0.375. The van der Waals surface area contributed by atoms with Crippen LogP contribution in [-0.4, -0.2) is 36.6 Å². The van der Waals surface area contributed by atoms with Gasteiger partial charge in [-0.1, -0.05) is 0 Å². The zero-order valence-corrected chi connectivity index (χ0v) is 15.6. The second kappa shape index (κ2) is 7.20. The van der Waals surface area contributed by atoms with Crippen molar-refractivity contribution in [2.45, 2.75) is 26.9 Å². The summed E-state index contributed by atoms with van der Waals surface area (Å²) in [5.41, 5.74) is 1.00. The number of benzene rings is 1. The average molecular weight is 430 g/mol. The molecular formula is C16H19IN2O4. The van der Waals surface area contributed by atoms with Crippen LogP contribution in [0, 0.1) is 3.57 Å². The second-order valence-corrected chi connectivity index (χ2v) is 6.44. The Kier molecular flexibility index (Phi) is 5.51. The first kappa shape index (κ1) is 17.6. The maximum atomic E-state index is 11.9.